The Balaban J connectivity index is 1.69. The molecule has 0 fully saturated rings. The fourth-order valence-electron chi connectivity index (χ4n) is 3.88. The van der Waals surface area contributed by atoms with Crippen molar-refractivity contribution in [2.45, 2.75) is 13.1 Å². The molecule has 1 unspecified atom stereocenters. The number of benzodiazepines with no additional fused rings is 1. The third-order valence-corrected chi connectivity index (χ3v) is 5.80. The number of hydrogen-bond acceptors (Lipinski definition) is 5. The Kier molecular flexibility index (Phi) is 6.68. The summed E-state index contributed by atoms with van der Waals surface area (Å²) >= 11 is 0. The molecule has 0 aliphatic carbocycles. The molecular weight excluding hydrogens is 454 g/mol. The highest BCUT2D eigenvalue weighted by atomic mass is 19.2. The molecular formula is C26H22F2N4O3. The molecule has 7 nitrogen and oxygen atoms in total. The first-order chi connectivity index (χ1) is 16.8. The van der Waals surface area contributed by atoms with Crippen molar-refractivity contribution in [2.75, 3.05) is 11.9 Å². The van der Waals surface area contributed by atoms with Crippen LogP contribution in [-0.2, 0) is 9.59 Å². The van der Waals surface area contributed by atoms with Crippen LogP contribution in [0, 0.1) is 17.6 Å². The molecule has 0 saturated carbocycles. The molecule has 0 bridgehead atoms. The Bertz CT molecular complexity index is 1340. The van der Waals surface area contributed by atoms with Crippen molar-refractivity contribution >= 4 is 28.9 Å². The molecule has 9 heteroatoms. The van der Waals surface area contributed by atoms with E-state index in [0.29, 0.717) is 11.4 Å². The van der Waals surface area contributed by atoms with Gasteiger partial charge in [0.05, 0.1) is 23.0 Å². The number of hydrogen-bond donors (Lipinski definition) is 2. The number of halogens is 2. The second kappa shape index (κ2) is 9.84. The standard InChI is InChI=1S/C26H22F2N4O3/c1-15(22(31-35)17-12-13-19(27)20(28)14-17)25(33)30-24-26(34)32(2)21-11-7-6-10-18(21)23(29-24)16-8-4-3-5-9-16/h3-15,24,35H,1-2H3,(H,30,33)/b31-22+/t15?,24-/m1/s1. The number of aliphatic imine (C=N–C) groups is 1. The molecule has 178 valence electrons. The minimum atomic E-state index is -1.28. The van der Waals surface area contributed by atoms with E-state index >= 15 is 0 Å². The van der Waals surface area contributed by atoms with Gasteiger partial charge in [-0.1, -0.05) is 53.7 Å². The van der Waals surface area contributed by atoms with Gasteiger partial charge in [-0.05, 0) is 31.2 Å². The highest BCUT2D eigenvalue weighted by Crippen LogP contribution is 2.27. The van der Waals surface area contributed by atoms with E-state index in [0.717, 1.165) is 23.3 Å². The van der Waals surface area contributed by atoms with Crippen LogP contribution in [0.3, 0.4) is 0 Å². The number of nitrogens with one attached hydrogen (secondary N) is 1. The first kappa shape index (κ1) is 23.7. The summed E-state index contributed by atoms with van der Waals surface area (Å²) in [5.74, 6) is -4.48. The normalized spacial score (nSPS) is 16.7. The van der Waals surface area contributed by atoms with Gasteiger partial charge in [-0.2, -0.15) is 0 Å². The van der Waals surface area contributed by atoms with Crippen LogP contribution < -0.4 is 10.2 Å². The van der Waals surface area contributed by atoms with Crippen LogP contribution in [0.4, 0.5) is 14.5 Å². The van der Waals surface area contributed by atoms with Gasteiger partial charge < -0.3 is 15.4 Å². The van der Waals surface area contributed by atoms with Crippen LogP contribution in [0.1, 0.15) is 23.6 Å². The first-order valence-corrected chi connectivity index (χ1v) is 10.8. The maximum atomic E-state index is 13.7. The largest absolute Gasteiger partial charge is 0.411 e. The van der Waals surface area contributed by atoms with E-state index in [4.69, 9.17) is 0 Å². The van der Waals surface area contributed by atoms with Gasteiger partial charge in [-0.3, -0.25) is 9.59 Å². The van der Waals surface area contributed by atoms with Crippen LogP contribution in [-0.4, -0.2) is 41.7 Å². The third-order valence-electron chi connectivity index (χ3n) is 5.80. The molecule has 2 amide bonds. The lowest BCUT2D eigenvalue weighted by molar-refractivity contribution is -0.128. The number of para-hydroxylation sites is 1. The molecule has 0 radical (unpaired) electrons. The monoisotopic (exact) mass is 476 g/mol. The summed E-state index contributed by atoms with van der Waals surface area (Å²) in [6, 6.07) is 19.4. The molecule has 1 heterocycles. The van der Waals surface area contributed by atoms with Crippen molar-refractivity contribution in [3.8, 4) is 0 Å². The van der Waals surface area contributed by atoms with E-state index in [1.54, 1.807) is 19.2 Å². The van der Waals surface area contributed by atoms with E-state index in [1.807, 2.05) is 42.5 Å². The summed E-state index contributed by atoms with van der Waals surface area (Å²) in [7, 11) is 1.59. The van der Waals surface area contributed by atoms with Gasteiger partial charge >= 0.3 is 0 Å². The first-order valence-electron chi connectivity index (χ1n) is 10.8. The fourth-order valence-corrected chi connectivity index (χ4v) is 3.88. The fraction of sp³-hybridized carbons (Fsp3) is 0.154. The predicted octanol–water partition coefficient (Wildman–Crippen LogP) is 3.74. The molecule has 3 aromatic rings. The number of carbonyl (C=O) groups excluding carboxylic acids is 2. The van der Waals surface area contributed by atoms with Gasteiger partial charge in [0.15, 0.2) is 11.6 Å². The van der Waals surface area contributed by atoms with Gasteiger partial charge in [-0.15, -0.1) is 0 Å². The van der Waals surface area contributed by atoms with Gasteiger partial charge in [0, 0.05) is 23.7 Å². The van der Waals surface area contributed by atoms with Crippen LogP contribution in [0.2, 0.25) is 0 Å². The molecule has 0 saturated heterocycles. The zero-order valence-electron chi connectivity index (χ0n) is 18.9. The Morgan fingerprint density at radius 3 is 2.43 bits per heavy atom. The zero-order chi connectivity index (χ0) is 25.1. The minimum Gasteiger partial charge on any atom is -0.411 e. The highest BCUT2D eigenvalue weighted by molar-refractivity contribution is 6.20. The molecule has 1 aliphatic rings. The number of rotatable bonds is 5. The van der Waals surface area contributed by atoms with Gasteiger partial charge in [-0.25, -0.2) is 13.8 Å². The maximum absolute atomic E-state index is 13.7. The Labute approximate surface area is 200 Å². The van der Waals surface area contributed by atoms with Gasteiger partial charge in [0.25, 0.3) is 5.91 Å². The Hall–Kier alpha value is -4.40. The quantitative estimate of drug-likeness (QED) is 0.334. The average molecular weight is 476 g/mol. The lowest BCUT2D eigenvalue weighted by atomic mass is 9.97. The third kappa shape index (κ3) is 4.65. The number of nitrogens with zero attached hydrogens (tertiary/aromatic N) is 3. The van der Waals surface area contributed by atoms with Crippen molar-refractivity contribution in [3.63, 3.8) is 0 Å². The number of benzene rings is 3. The number of fused-ring (bicyclic) bond motifs is 1. The van der Waals surface area contributed by atoms with Crippen molar-refractivity contribution in [1.29, 1.82) is 0 Å². The second-order valence-corrected chi connectivity index (χ2v) is 8.01. The SMILES string of the molecule is CC(C(=O)N[C@H]1N=C(c2ccccc2)c2ccccc2N(C)C1=O)/C(=N\O)c1ccc(F)c(F)c1. The van der Waals surface area contributed by atoms with Crippen LogP contribution >= 0.6 is 0 Å². The summed E-state index contributed by atoms with van der Waals surface area (Å²) in [5.41, 5.74) is 2.47. The summed E-state index contributed by atoms with van der Waals surface area (Å²) in [6.45, 7) is 1.42. The smallest absolute Gasteiger partial charge is 0.272 e. The predicted molar refractivity (Wildman–Crippen MR) is 128 cm³/mol. The Morgan fingerprint density at radius 1 is 1.06 bits per heavy atom. The molecule has 0 spiro atoms. The van der Waals surface area contributed by atoms with Gasteiger partial charge in [0.1, 0.15) is 0 Å². The summed E-state index contributed by atoms with van der Waals surface area (Å²) in [5, 5.41) is 15.2. The minimum absolute atomic E-state index is 0.0271. The van der Waals surface area contributed by atoms with Crippen molar-refractivity contribution < 1.29 is 23.6 Å². The number of amides is 2. The van der Waals surface area contributed by atoms with Crippen LogP contribution in [0.25, 0.3) is 0 Å². The van der Waals surface area contributed by atoms with E-state index in [2.05, 4.69) is 15.5 Å². The van der Waals surface area contributed by atoms with Crippen LogP contribution in [0.5, 0.6) is 0 Å². The van der Waals surface area contributed by atoms with E-state index in [1.165, 1.54) is 17.9 Å². The van der Waals surface area contributed by atoms with Gasteiger partial charge in [0.2, 0.25) is 12.1 Å². The number of oxime groups is 1. The van der Waals surface area contributed by atoms with Crippen molar-refractivity contribution in [1.82, 2.24) is 5.32 Å². The second-order valence-electron chi connectivity index (χ2n) is 8.01. The summed E-state index contributed by atoms with van der Waals surface area (Å²) in [6.07, 6.45) is -1.28. The van der Waals surface area contributed by atoms with Crippen molar-refractivity contribution in [3.05, 3.63) is 101 Å². The highest BCUT2D eigenvalue weighted by Gasteiger charge is 2.33. The lowest BCUT2D eigenvalue weighted by Crippen LogP contribution is -2.48. The van der Waals surface area contributed by atoms with E-state index in [-0.39, 0.29) is 11.3 Å². The summed E-state index contributed by atoms with van der Waals surface area (Å²) in [4.78, 5) is 32.4. The molecule has 4 rings (SSSR count). The zero-order valence-corrected chi connectivity index (χ0v) is 18.9. The number of carbonyl (C=O) groups is 2. The average Bonchev–Trinajstić information content (AvgIpc) is 2.97. The molecule has 2 atom stereocenters. The van der Waals surface area contributed by atoms with E-state index < -0.39 is 35.5 Å². The molecule has 3 aromatic carbocycles. The summed E-state index contributed by atoms with van der Waals surface area (Å²) < 4.78 is 27.0. The topological polar surface area (TPSA) is 94.4 Å². The molecule has 2 N–H and O–H groups in total. The number of anilines is 1. The Morgan fingerprint density at radius 2 is 1.74 bits per heavy atom. The molecule has 35 heavy (non-hydrogen) atoms. The maximum Gasteiger partial charge on any atom is 0.272 e. The van der Waals surface area contributed by atoms with Crippen molar-refractivity contribution in [2.24, 2.45) is 16.1 Å². The molecule has 1 aliphatic heterocycles. The van der Waals surface area contributed by atoms with E-state index in [9.17, 15) is 23.6 Å². The number of likely N-dealkylation sites (N-methyl/N-ethyl adjacent to an activating group) is 1. The lowest BCUT2D eigenvalue weighted by Gasteiger charge is -2.22. The van der Waals surface area contributed by atoms with Crippen LogP contribution in [0.15, 0.2) is 82.9 Å². The molecule has 0 aromatic heterocycles.